The van der Waals surface area contributed by atoms with Crippen molar-refractivity contribution in [2.75, 3.05) is 0 Å². The average Bonchev–Trinajstić information content (AvgIpc) is 2.05. The van der Waals surface area contributed by atoms with Crippen molar-refractivity contribution in [3.05, 3.63) is 29.6 Å². The normalized spacial score (nSPS) is 8.91. The van der Waals surface area contributed by atoms with Crippen LogP contribution in [0.15, 0.2) is 18.5 Å². The first-order valence-electron chi connectivity index (χ1n) is 3.85. The molecular weight excluding hydrogens is 136 g/mol. The number of nitrogens with one attached hydrogen (secondary N) is 1. The third kappa shape index (κ3) is 2.68. The van der Waals surface area contributed by atoms with E-state index < -0.39 is 0 Å². The quantitative estimate of drug-likeness (QED) is 0.691. The van der Waals surface area contributed by atoms with E-state index in [2.05, 4.69) is 37.3 Å². The van der Waals surface area contributed by atoms with Crippen molar-refractivity contribution < 1.29 is 4.98 Å². The highest BCUT2D eigenvalue weighted by atomic mass is 14.6. The molecule has 0 aliphatic carbocycles. The van der Waals surface area contributed by atoms with E-state index in [1.807, 2.05) is 0 Å². The predicted molar refractivity (Wildman–Crippen MR) is 46.8 cm³/mol. The highest BCUT2D eigenvalue weighted by molar-refractivity contribution is 5.14. The lowest BCUT2D eigenvalue weighted by atomic mass is 10.1. The molecule has 1 aromatic heterocycles. The van der Waals surface area contributed by atoms with Crippen LogP contribution < -0.4 is 11.1 Å². The summed E-state index contributed by atoms with van der Waals surface area (Å²) >= 11 is 0. The van der Waals surface area contributed by atoms with Gasteiger partial charge in [0, 0.05) is 11.1 Å². The van der Waals surface area contributed by atoms with E-state index in [9.17, 15) is 0 Å². The van der Waals surface area contributed by atoms with Crippen molar-refractivity contribution in [1.82, 2.24) is 6.15 Å². The molecule has 1 heterocycles. The monoisotopic (exact) mass is 153 g/mol. The maximum absolute atomic E-state index is 3.13. The molecule has 0 saturated carbocycles. The Morgan fingerprint density at radius 2 is 1.55 bits per heavy atom. The van der Waals surface area contributed by atoms with Crippen molar-refractivity contribution in [2.45, 2.75) is 26.7 Å². The Balaban J connectivity index is 0.000001000. The molecular formula is C9H17N2+. The minimum atomic E-state index is 0. The molecule has 0 fully saturated rings. The van der Waals surface area contributed by atoms with Crippen LogP contribution in [0.4, 0.5) is 0 Å². The molecule has 0 spiro atoms. The summed E-state index contributed by atoms with van der Waals surface area (Å²) in [5.41, 5.74) is 2.78. The number of aryl methyl sites for hydroxylation is 2. The number of aromatic nitrogens is 1. The first-order chi connectivity index (χ1) is 4.86. The van der Waals surface area contributed by atoms with Crippen LogP contribution in [0.2, 0.25) is 0 Å². The second-order valence-electron chi connectivity index (χ2n) is 2.46. The standard InChI is InChI=1S/C9H13N.H3N/c1-3-8-5-9(4-2)7-10-6-8;/h5-7H,3-4H2,1-2H3;1H3/p+1. The van der Waals surface area contributed by atoms with Crippen molar-refractivity contribution >= 4 is 0 Å². The summed E-state index contributed by atoms with van der Waals surface area (Å²) in [5, 5.41) is 0. The van der Waals surface area contributed by atoms with Crippen LogP contribution in [-0.2, 0) is 12.8 Å². The Bertz CT molecular complexity index is 189. The van der Waals surface area contributed by atoms with E-state index in [0.717, 1.165) is 12.8 Å². The molecule has 1 aromatic rings. The van der Waals surface area contributed by atoms with Crippen LogP contribution in [0.5, 0.6) is 0 Å². The van der Waals surface area contributed by atoms with E-state index in [1.165, 1.54) is 11.1 Å². The largest absolute Gasteiger partial charge is 0.344 e. The number of aromatic amines is 1. The highest BCUT2D eigenvalue weighted by Gasteiger charge is 1.95. The van der Waals surface area contributed by atoms with Crippen LogP contribution in [0.3, 0.4) is 0 Å². The first-order valence-corrected chi connectivity index (χ1v) is 3.85. The fourth-order valence-electron chi connectivity index (χ4n) is 0.985. The molecule has 0 aromatic carbocycles. The minimum absolute atomic E-state index is 0. The molecule has 0 amide bonds. The summed E-state index contributed by atoms with van der Waals surface area (Å²) in [6.07, 6.45) is 6.34. The van der Waals surface area contributed by atoms with Gasteiger partial charge in [0.05, 0.1) is 0 Å². The van der Waals surface area contributed by atoms with Gasteiger partial charge in [-0.1, -0.05) is 13.8 Å². The van der Waals surface area contributed by atoms with Crippen LogP contribution in [0, 0.1) is 0 Å². The van der Waals surface area contributed by atoms with Gasteiger partial charge < -0.3 is 6.15 Å². The summed E-state index contributed by atoms with van der Waals surface area (Å²) in [4.78, 5) is 3.13. The molecule has 0 unspecified atom stereocenters. The molecule has 0 bridgehead atoms. The summed E-state index contributed by atoms with van der Waals surface area (Å²) < 4.78 is 0. The van der Waals surface area contributed by atoms with Gasteiger partial charge >= 0.3 is 0 Å². The zero-order chi connectivity index (χ0) is 7.40. The van der Waals surface area contributed by atoms with E-state index in [-0.39, 0.29) is 6.15 Å². The van der Waals surface area contributed by atoms with Crippen molar-refractivity contribution in [3.8, 4) is 0 Å². The van der Waals surface area contributed by atoms with Crippen LogP contribution >= 0.6 is 0 Å². The maximum atomic E-state index is 3.13. The number of H-pyrrole nitrogens is 1. The Kier molecular flexibility index (Phi) is 4.46. The molecule has 62 valence electrons. The molecule has 0 aliphatic rings. The highest BCUT2D eigenvalue weighted by Crippen LogP contribution is 2.00. The van der Waals surface area contributed by atoms with Crippen molar-refractivity contribution in [2.24, 2.45) is 0 Å². The number of hydrogen-bond donors (Lipinski definition) is 1. The summed E-state index contributed by atoms with van der Waals surface area (Å²) in [7, 11) is 0. The maximum Gasteiger partial charge on any atom is 0.170 e. The summed E-state index contributed by atoms with van der Waals surface area (Å²) in [6.45, 7) is 4.34. The van der Waals surface area contributed by atoms with Gasteiger partial charge in [-0.05, 0) is 18.9 Å². The summed E-state index contributed by atoms with van der Waals surface area (Å²) in [6, 6.07) is 2.25. The molecule has 11 heavy (non-hydrogen) atoms. The van der Waals surface area contributed by atoms with Crippen LogP contribution in [0.25, 0.3) is 0 Å². The van der Waals surface area contributed by atoms with Gasteiger partial charge in [-0.15, -0.1) is 0 Å². The zero-order valence-electron chi connectivity index (χ0n) is 7.35. The first kappa shape index (κ1) is 10.1. The second-order valence-corrected chi connectivity index (χ2v) is 2.46. The van der Waals surface area contributed by atoms with Gasteiger partial charge in [-0.3, -0.25) is 0 Å². The second kappa shape index (κ2) is 4.85. The van der Waals surface area contributed by atoms with Crippen LogP contribution in [0.1, 0.15) is 25.0 Å². The van der Waals surface area contributed by atoms with E-state index in [4.69, 9.17) is 0 Å². The Labute approximate surface area is 68.2 Å². The van der Waals surface area contributed by atoms with Gasteiger partial charge in [-0.25, -0.2) is 4.98 Å². The van der Waals surface area contributed by atoms with Gasteiger partial charge in [0.25, 0.3) is 0 Å². The van der Waals surface area contributed by atoms with E-state index in [1.54, 1.807) is 0 Å². The van der Waals surface area contributed by atoms with Crippen LogP contribution in [-0.4, -0.2) is 0 Å². The number of pyridine rings is 1. The predicted octanol–water partition coefficient (Wildman–Crippen LogP) is 1.79. The molecule has 2 nitrogen and oxygen atoms in total. The van der Waals surface area contributed by atoms with E-state index >= 15 is 0 Å². The molecule has 2 heteroatoms. The lowest BCUT2D eigenvalue weighted by Gasteiger charge is -1.93. The zero-order valence-corrected chi connectivity index (χ0v) is 7.35. The third-order valence-corrected chi connectivity index (χ3v) is 1.72. The SMILES string of the molecule is CCc1c[nH+]cc(CC)c1.N. The van der Waals surface area contributed by atoms with Gasteiger partial charge in [0.15, 0.2) is 12.4 Å². The molecule has 4 N–H and O–H groups in total. The molecule has 0 saturated heterocycles. The minimum Gasteiger partial charge on any atom is -0.344 e. The Morgan fingerprint density at radius 1 is 1.09 bits per heavy atom. The Morgan fingerprint density at radius 3 is 1.91 bits per heavy atom. The number of rotatable bonds is 2. The number of hydrogen-bond acceptors (Lipinski definition) is 1. The molecule has 0 radical (unpaired) electrons. The molecule has 1 rings (SSSR count). The fourth-order valence-corrected chi connectivity index (χ4v) is 0.985. The summed E-state index contributed by atoms with van der Waals surface area (Å²) in [5.74, 6) is 0. The molecule has 0 atom stereocenters. The topological polar surface area (TPSA) is 49.1 Å². The fraction of sp³-hybridized carbons (Fsp3) is 0.444. The van der Waals surface area contributed by atoms with Crippen molar-refractivity contribution in [1.29, 1.82) is 0 Å². The Hall–Kier alpha value is -0.890. The lowest BCUT2D eigenvalue weighted by molar-refractivity contribution is -0.379. The van der Waals surface area contributed by atoms with Gasteiger partial charge in [0.1, 0.15) is 0 Å². The average molecular weight is 153 g/mol. The lowest BCUT2D eigenvalue weighted by Crippen LogP contribution is -2.03. The molecule has 0 aliphatic heterocycles. The smallest absolute Gasteiger partial charge is 0.170 e. The van der Waals surface area contributed by atoms with Crippen molar-refractivity contribution in [3.63, 3.8) is 0 Å². The van der Waals surface area contributed by atoms with Gasteiger partial charge in [0.2, 0.25) is 0 Å². The van der Waals surface area contributed by atoms with Gasteiger partial charge in [-0.2, -0.15) is 0 Å². The third-order valence-electron chi connectivity index (χ3n) is 1.72. The van der Waals surface area contributed by atoms with E-state index in [0.29, 0.717) is 0 Å².